The molecule has 2 aliphatic heterocycles. The van der Waals surface area contributed by atoms with E-state index in [0.717, 1.165) is 35.2 Å². The number of hydrogen-bond donors (Lipinski definition) is 3. The number of nitrogens with zero attached hydrogens (tertiary/aromatic N) is 6. The summed E-state index contributed by atoms with van der Waals surface area (Å²) in [6.45, 7) is 4.01. The third kappa shape index (κ3) is 6.87. The van der Waals surface area contributed by atoms with Gasteiger partial charge in [-0.3, -0.25) is 24.7 Å². The first kappa shape index (κ1) is 34.0. The molecule has 0 spiro atoms. The van der Waals surface area contributed by atoms with Crippen LogP contribution in [0.1, 0.15) is 68.8 Å². The zero-order valence-electron chi connectivity index (χ0n) is 27.4. The molecule has 2 atom stereocenters. The molecular formula is C34H38ClF2N9O3. The van der Waals surface area contributed by atoms with E-state index in [1.165, 1.54) is 11.0 Å². The number of aromatic nitrogens is 2. The highest BCUT2D eigenvalue weighted by molar-refractivity contribution is 6.34. The van der Waals surface area contributed by atoms with Crippen LogP contribution < -0.4 is 11.5 Å². The molecule has 12 nitrogen and oxygen atoms in total. The number of ether oxygens (including phenoxy) is 1. The Morgan fingerprint density at radius 1 is 1.18 bits per heavy atom. The number of carbonyl (C=O) groups is 2. The molecule has 1 aromatic heterocycles. The lowest BCUT2D eigenvalue weighted by atomic mass is 9.75. The summed E-state index contributed by atoms with van der Waals surface area (Å²) in [5, 5.41) is 12.0. The minimum Gasteiger partial charge on any atom is -0.447 e. The predicted octanol–water partition coefficient (Wildman–Crippen LogP) is 5.47. The molecule has 258 valence electrons. The van der Waals surface area contributed by atoms with Crippen LogP contribution in [0.25, 0.3) is 11.1 Å². The van der Waals surface area contributed by atoms with Crippen molar-refractivity contribution in [1.29, 1.82) is 5.41 Å². The lowest BCUT2D eigenvalue weighted by Gasteiger charge is -2.38. The van der Waals surface area contributed by atoms with Gasteiger partial charge in [0.1, 0.15) is 18.8 Å². The third-order valence-corrected chi connectivity index (χ3v) is 9.09. The van der Waals surface area contributed by atoms with Crippen LogP contribution in [0, 0.1) is 10.8 Å². The van der Waals surface area contributed by atoms with E-state index in [2.05, 4.69) is 10.1 Å². The SMILES string of the molecule is CC(C)(C)C[C@]1(c2ccc(-c3cnn(C4CC4)c3)cc2)N=C(N)N([C@H](COC(=O)N2CC(F)(F)C2)c2ccc(Cl)c(C(N)=NC=N)c2)C1=O. The van der Waals surface area contributed by atoms with Crippen molar-refractivity contribution in [2.45, 2.75) is 63.6 Å². The van der Waals surface area contributed by atoms with Crippen molar-refractivity contribution in [3.63, 3.8) is 0 Å². The maximum atomic E-state index is 14.9. The number of guanidine groups is 1. The predicted molar refractivity (Wildman–Crippen MR) is 182 cm³/mol. The van der Waals surface area contributed by atoms with Crippen molar-refractivity contribution in [3.8, 4) is 11.1 Å². The number of amidine groups is 1. The van der Waals surface area contributed by atoms with Gasteiger partial charge in [0.2, 0.25) is 0 Å². The molecular weight excluding hydrogens is 656 g/mol. The lowest BCUT2D eigenvalue weighted by Crippen LogP contribution is -2.58. The van der Waals surface area contributed by atoms with E-state index in [1.54, 1.807) is 12.1 Å². The monoisotopic (exact) mass is 693 g/mol. The van der Waals surface area contributed by atoms with E-state index in [1.807, 2.05) is 62.1 Å². The highest BCUT2D eigenvalue weighted by Gasteiger charge is 2.53. The van der Waals surface area contributed by atoms with E-state index in [9.17, 15) is 18.4 Å². The van der Waals surface area contributed by atoms with Crippen molar-refractivity contribution in [3.05, 3.63) is 76.6 Å². The highest BCUT2D eigenvalue weighted by Crippen LogP contribution is 2.45. The number of hydrogen-bond acceptors (Lipinski definition) is 7. The quantitative estimate of drug-likeness (QED) is 0.188. The van der Waals surface area contributed by atoms with Gasteiger partial charge in [0.15, 0.2) is 11.5 Å². The normalized spacial score (nSPS) is 21.3. The number of halogens is 3. The van der Waals surface area contributed by atoms with Crippen LogP contribution in [0.5, 0.6) is 0 Å². The number of rotatable bonds is 10. The summed E-state index contributed by atoms with van der Waals surface area (Å²) in [6, 6.07) is 11.7. The maximum absolute atomic E-state index is 14.9. The first-order valence-corrected chi connectivity index (χ1v) is 16.2. The van der Waals surface area contributed by atoms with Gasteiger partial charge in [0.25, 0.3) is 11.8 Å². The molecule has 5 N–H and O–H groups in total. The number of carbonyl (C=O) groups excluding carboxylic acids is 2. The fourth-order valence-corrected chi connectivity index (χ4v) is 6.54. The van der Waals surface area contributed by atoms with E-state index in [4.69, 9.17) is 38.2 Å². The topological polar surface area (TPSA) is 168 Å². The number of alkyl halides is 2. The Morgan fingerprint density at radius 2 is 1.88 bits per heavy atom. The molecule has 2 amide bonds. The number of nitrogens with two attached hydrogens (primary N) is 2. The molecule has 0 bridgehead atoms. The second kappa shape index (κ2) is 12.6. The number of amides is 2. The molecule has 0 unspecified atom stereocenters. The van der Waals surface area contributed by atoms with E-state index < -0.39 is 54.6 Å². The van der Waals surface area contributed by atoms with Gasteiger partial charge in [-0.1, -0.05) is 62.7 Å². The van der Waals surface area contributed by atoms with E-state index >= 15 is 0 Å². The molecule has 1 saturated carbocycles. The number of aliphatic imine (C=N–C) groups is 2. The second-order valence-electron chi connectivity index (χ2n) is 13.9. The summed E-state index contributed by atoms with van der Waals surface area (Å²) >= 11 is 6.41. The summed E-state index contributed by atoms with van der Waals surface area (Å²) < 4.78 is 34.5. The van der Waals surface area contributed by atoms with Gasteiger partial charge in [0, 0.05) is 17.3 Å². The summed E-state index contributed by atoms with van der Waals surface area (Å²) in [6.07, 6.45) is 6.16. The smallest absolute Gasteiger partial charge is 0.410 e. The van der Waals surface area contributed by atoms with Crippen LogP contribution in [0.15, 0.2) is 64.8 Å². The van der Waals surface area contributed by atoms with Gasteiger partial charge in [-0.05, 0) is 53.5 Å². The Balaban J connectivity index is 1.37. The standard InChI is InChI=1S/C34H38ClF2N9O3/c1-32(2,3)16-34(23-7-4-20(5-8-23)22-13-42-45(14-22)24-9-10-24)29(47)46(30(40)43-34)27(15-49-31(48)44-17-33(36,37)18-44)21-6-11-26(35)25(12-21)28(39)41-19-38/h4-8,11-14,19,24,27H,9-10,15-18H2,1-3H3,(H2,40,43)(H3,38,39,41)/t27-,34-/m1/s1. The van der Waals surface area contributed by atoms with Gasteiger partial charge in [-0.15, -0.1) is 0 Å². The van der Waals surface area contributed by atoms with Crippen molar-refractivity contribution in [2.24, 2.45) is 26.9 Å². The first-order valence-electron chi connectivity index (χ1n) is 15.9. The average molecular weight is 694 g/mol. The number of likely N-dealkylation sites (tertiary alicyclic amines) is 1. The first-order chi connectivity index (χ1) is 23.1. The Hall–Kier alpha value is -4.85. The molecule has 6 rings (SSSR count). The molecule has 3 heterocycles. The Morgan fingerprint density at radius 3 is 2.49 bits per heavy atom. The molecule has 15 heteroatoms. The summed E-state index contributed by atoms with van der Waals surface area (Å²) in [7, 11) is 0. The minimum absolute atomic E-state index is 0.0559. The number of benzene rings is 2. The van der Waals surface area contributed by atoms with Crippen LogP contribution in [0.2, 0.25) is 5.02 Å². The maximum Gasteiger partial charge on any atom is 0.410 e. The minimum atomic E-state index is -2.99. The molecule has 2 fully saturated rings. The highest BCUT2D eigenvalue weighted by atomic mass is 35.5. The van der Waals surface area contributed by atoms with Crippen LogP contribution in [-0.2, 0) is 15.1 Å². The Labute approximate surface area is 287 Å². The van der Waals surface area contributed by atoms with Crippen molar-refractivity contribution in [2.75, 3.05) is 19.7 Å². The van der Waals surface area contributed by atoms with Crippen LogP contribution in [0.4, 0.5) is 13.6 Å². The third-order valence-electron chi connectivity index (χ3n) is 8.76. The van der Waals surface area contributed by atoms with E-state index in [0.29, 0.717) is 17.2 Å². The van der Waals surface area contributed by atoms with Gasteiger partial charge < -0.3 is 16.2 Å². The van der Waals surface area contributed by atoms with Crippen LogP contribution in [-0.4, -0.2) is 75.3 Å². The van der Waals surface area contributed by atoms with Crippen molar-refractivity contribution < 1.29 is 23.1 Å². The van der Waals surface area contributed by atoms with Gasteiger partial charge in [-0.25, -0.2) is 23.6 Å². The fourth-order valence-electron chi connectivity index (χ4n) is 6.33. The van der Waals surface area contributed by atoms with Crippen LogP contribution in [0.3, 0.4) is 0 Å². The molecule has 3 aliphatic rings. The lowest BCUT2D eigenvalue weighted by molar-refractivity contribution is -0.135. The van der Waals surface area contributed by atoms with Gasteiger partial charge in [0.05, 0.1) is 36.4 Å². The summed E-state index contributed by atoms with van der Waals surface area (Å²) in [5.74, 6) is -3.61. The molecule has 3 aromatic rings. The average Bonchev–Trinajstić information content (AvgIpc) is 3.70. The van der Waals surface area contributed by atoms with Crippen molar-refractivity contribution in [1.82, 2.24) is 19.6 Å². The second-order valence-corrected chi connectivity index (χ2v) is 14.4. The molecule has 2 aromatic carbocycles. The molecule has 49 heavy (non-hydrogen) atoms. The summed E-state index contributed by atoms with van der Waals surface area (Å²) in [5.41, 5.74) is 14.0. The van der Waals surface area contributed by atoms with Crippen LogP contribution >= 0.6 is 11.6 Å². The van der Waals surface area contributed by atoms with Gasteiger partial charge >= 0.3 is 6.09 Å². The van der Waals surface area contributed by atoms with Gasteiger partial charge in [-0.2, -0.15) is 5.10 Å². The fraction of sp³-hybridized carbons (Fsp3) is 0.412. The molecule has 1 saturated heterocycles. The molecule has 1 aliphatic carbocycles. The summed E-state index contributed by atoms with van der Waals surface area (Å²) in [4.78, 5) is 38.4. The zero-order valence-corrected chi connectivity index (χ0v) is 28.1. The van der Waals surface area contributed by atoms with E-state index in [-0.39, 0.29) is 28.8 Å². The Bertz CT molecular complexity index is 1840. The van der Waals surface area contributed by atoms with Crippen molar-refractivity contribution >= 4 is 41.7 Å². The zero-order chi connectivity index (χ0) is 35.3. The number of nitrogens with one attached hydrogen (secondary N) is 1. The molecule has 0 radical (unpaired) electrons. The Kier molecular flexibility index (Phi) is 8.72. The largest absolute Gasteiger partial charge is 0.447 e.